The Bertz CT molecular complexity index is 1660. The fourth-order valence-electron chi connectivity index (χ4n) is 3.77. The van der Waals surface area contributed by atoms with Gasteiger partial charge in [-0.1, -0.05) is 18.2 Å². The summed E-state index contributed by atoms with van der Waals surface area (Å²) in [7, 11) is 1.64. The summed E-state index contributed by atoms with van der Waals surface area (Å²) in [6.07, 6.45) is 3.15. The van der Waals surface area contributed by atoms with Gasteiger partial charge in [-0.3, -0.25) is 9.78 Å². The van der Waals surface area contributed by atoms with Crippen LogP contribution < -0.4 is 11.3 Å². The monoisotopic (exact) mass is 452 g/mol. The third kappa shape index (κ3) is 3.55. The lowest BCUT2D eigenvalue weighted by Gasteiger charge is -2.13. The van der Waals surface area contributed by atoms with Gasteiger partial charge < -0.3 is 10.3 Å². The molecule has 4 heterocycles. The van der Waals surface area contributed by atoms with Crippen LogP contribution in [0.25, 0.3) is 33.4 Å². The van der Waals surface area contributed by atoms with Gasteiger partial charge in [0.05, 0.1) is 23.0 Å². The second kappa shape index (κ2) is 8.22. The normalized spacial score (nSPS) is 11.0. The van der Waals surface area contributed by atoms with Crippen molar-refractivity contribution >= 4 is 16.9 Å². The van der Waals surface area contributed by atoms with E-state index in [1.54, 1.807) is 43.6 Å². The van der Waals surface area contributed by atoms with E-state index in [-0.39, 0.29) is 23.6 Å². The Hall–Kier alpha value is -4.91. The largest absolute Gasteiger partial charge is 0.382 e. The van der Waals surface area contributed by atoms with Gasteiger partial charge >= 0.3 is 0 Å². The highest BCUT2D eigenvalue weighted by atomic mass is 19.1. The molecule has 0 amide bonds. The van der Waals surface area contributed by atoms with Crippen molar-refractivity contribution in [1.82, 2.24) is 29.5 Å². The van der Waals surface area contributed by atoms with E-state index < -0.39 is 5.82 Å². The number of nitriles is 1. The second-order valence-corrected chi connectivity index (χ2v) is 7.60. The van der Waals surface area contributed by atoms with Crippen LogP contribution in [-0.2, 0) is 13.6 Å². The van der Waals surface area contributed by atoms with E-state index in [1.807, 2.05) is 0 Å². The molecule has 4 aromatic heterocycles. The van der Waals surface area contributed by atoms with Gasteiger partial charge in [0.2, 0.25) is 5.56 Å². The Balaban J connectivity index is 1.81. The van der Waals surface area contributed by atoms with Gasteiger partial charge in [-0.2, -0.15) is 15.2 Å². The molecule has 5 rings (SSSR count). The molecule has 2 N–H and O–H groups in total. The van der Waals surface area contributed by atoms with Gasteiger partial charge in [0, 0.05) is 42.2 Å². The van der Waals surface area contributed by atoms with Crippen LogP contribution in [0.15, 0.2) is 65.7 Å². The number of nitrogens with zero attached hydrogens (tertiary/aromatic N) is 7. The molecule has 0 bridgehead atoms. The van der Waals surface area contributed by atoms with Crippen LogP contribution in [0.1, 0.15) is 11.3 Å². The van der Waals surface area contributed by atoms with Crippen molar-refractivity contribution in [2.24, 2.45) is 7.05 Å². The van der Waals surface area contributed by atoms with Gasteiger partial charge in [-0.15, -0.1) is 5.10 Å². The standard InChI is InChI=1S/C24H17FN8O/c1-32-12-15(8-9-19(32)34)20-21(16-6-3-2-5-14(16)11-26)29-24(27)23-22(20)30-33(31-23)13-18-17(25)7-4-10-28-18/h2-10,12H,13H2,1H3,(H2,27,29). The zero-order chi connectivity index (χ0) is 23.8. The second-order valence-electron chi connectivity index (χ2n) is 7.60. The van der Waals surface area contributed by atoms with Crippen molar-refractivity contribution < 1.29 is 4.39 Å². The molecule has 0 spiro atoms. The van der Waals surface area contributed by atoms with Crippen LogP contribution in [0.2, 0.25) is 0 Å². The van der Waals surface area contributed by atoms with E-state index in [4.69, 9.17) is 5.73 Å². The topological polar surface area (TPSA) is 128 Å². The maximum absolute atomic E-state index is 14.2. The van der Waals surface area contributed by atoms with Crippen molar-refractivity contribution in [3.8, 4) is 28.5 Å². The number of aryl methyl sites for hydroxylation is 1. The van der Waals surface area contributed by atoms with Crippen LogP contribution >= 0.6 is 0 Å². The fourth-order valence-corrected chi connectivity index (χ4v) is 3.77. The van der Waals surface area contributed by atoms with Gasteiger partial charge in [0.25, 0.3) is 0 Å². The summed E-state index contributed by atoms with van der Waals surface area (Å²) in [4.78, 5) is 22.0. The predicted molar refractivity (Wildman–Crippen MR) is 124 cm³/mol. The molecule has 1 aromatic carbocycles. The molecule has 5 aromatic rings. The van der Waals surface area contributed by atoms with E-state index in [0.717, 1.165) is 0 Å². The molecule has 9 nitrogen and oxygen atoms in total. The minimum Gasteiger partial charge on any atom is -0.382 e. The molecule has 0 aliphatic carbocycles. The third-order valence-corrected chi connectivity index (χ3v) is 5.41. The van der Waals surface area contributed by atoms with Crippen molar-refractivity contribution in [1.29, 1.82) is 5.26 Å². The number of fused-ring (bicyclic) bond motifs is 1. The molecule has 0 fully saturated rings. The average Bonchev–Trinajstić information content (AvgIpc) is 3.26. The van der Waals surface area contributed by atoms with Crippen LogP contribution in [0, 0.1) is 17.1 Å². The summed E-state index contributed by atoms with van der Waals surface area (Å²) < 4.78 is 15.6. The summed E-state index contributed by atoms with van der Waals surface area (Å²) in [5.74, 6) is -0.365. The lowest BCUT2D eigenvalue weighted by Crippen LogP contribution is -2.14. The van der Waals surface area contributed by atoms with Gasteiger partial charge in [0.1, 0.15) is 17.9 Å². The molecule has 0 saturated carbocycles. The van der Waals surface area contributed by atoms with Gasteiger partial charge in [-0.25, -0.2) is 9.37 Å². The van der Waals surface area contributed by atoms with Crippen molar-refractivity contribution in [2.75, 3.05) is 5.73 Å². The number of aromatic nitrogens is 6. The first-order valence-electron chi connectivity index (χ1n) is 10.3. The molecular formula is C24H17FN8O. The van der Waals surface area contributed by atoms with Crippen molar-refractivity contribution in [3.05, 3.63) is 88.4 Å². The summed E-state index contributed by atoms with van der Waals surface area (Å²) >= 11 is 0. The van der Waals surface area contributed by atoms with E-state index in [0.29, 0.717) is 39.0 Å². The summed E-state index contributed by atoms with van der Waals surface area (Å²) in [5.41, 5.74) is 9.57. The van der Waals surface area contributed by atoms with Crippen LogP contribution in [0.3, 0.4) is 0 Å². The number of hydrogen-bond donors (Lipinski definition) is 1. The minimum absolute atomic E-state index is 0.0162. The predicted octanol–water partition coefficient (Wildman–Crippen LogP) is 2.90. The fraction of sp³-hybridized carbons (Fsp3) is 0.0833. The smallest absolute Gasteiger partial charge is 0.250 e. The Morgan fingerprint density at radius 2 is 1.88 bits per heavy atom. The van der Waals surface area contributed by atoms with Crippen molar-refractivity contribution in [2.45, 2.75) is 6.54 Å². The van der Waals surface area contributed by atoms with E-state index in [2.05, 4.69) is 26.2 Å². The number of hydrogen-bond acceptors (Lipinski definition) is 7. The summed E-state index contributed by atoms with van der Waals surface area (Å²) in [6.45, 7) is -0.0162. The molecule has 0 atom stereocenters. The number of rotatable bonds is 4. The quantitative estimate of drug-likeness (QED) is 0.444. The highest BCUT2D eigenvalue weighted by molar-refractivity contribution is 6.03. The number of nitrogens with two attached hydrogens (primary N) is 1. The lowest BCUT2D eigenvalue weighted by molar-refractivity contribution is 0.540. The molecule has 0 saturated heterocycles. The van der Waals surface area contributed by atoms with Crippen LogP contribution in [0.4, 0.5) is 10.2 Å². The van der Waals surface area contributed by atoms with E-state index in [9.17, 15) is 14.4 Å². The Kier molecular flexibility index (Phi) is 5.07. The Morgan fingerprint density at radius 1 is 1.09 bits per heavy atom. The molecule has 166 valence electrons. The van der Waals surface area contributed by atoms with Crippen LogP contribution in [-0.4, -0.2) is 29.5 Å². The first kappa shape index (κ1) is 21.0. The van der Waals surface area contributed by atoms with E-state index in [1.165, 1.54) is 33.8 Å². The molecule has 0 unspecified atom stereocenters. The number of nitrogen functional groups attached to an aromatic ring is 1. The van der Waals surface area contributed by atoms with Crippen LogP contribution in [0.5, 0.6) is 0 Å². The third-order valence-electron chi connectivity index (χ3n) is 5.41. The lowest BCUT2D eigenvalue weighted by atomic mass is 9.96. The number of anilines is 1. The summed E-state index contributed by atoms with van der Waals surface area (Å²) in [5, 5.41) is 18.7. The van der Waals surface area contributed by atoms with Gasteiger partial charge in [-0.05, 0) is 24.3 Å². The SMILES string of the molecule is Cn1cc(-c2c(-c3ccccc3C#N)nc(N)c3nn(Cc4ncccc4F)nc23)ccc1=O. The van der Waals surface area contributed by atoms with Crippen molar-refractivity contribution in [3.63, 3.8) is 0 Å². The first-order valence-corrected chi connectivity index (χ1v) is 10.3. The van der Waals surface area contributed by atoms with Gasteiger partial charge in [0.15, 0.2) is 11.3 Å². The maximum atomic E-state index is 14.2. The Morgan fingerprint density at radius 3 is 2.65 bits per heavy atom. The molecule has 0 aliphatic rings. The maximum Gasteiger partial charge on any atom is 0.250 e. The Labute approximate surface area is 192 Å². The molecule has 0 radical (unpaired) electrons. The number of halogens is 1. The first-order chi connectivity index (χ1) is 16.5. The number of pyridine rings is 3. The average molecular weight is 452 g/mol. The molecular weight excluding hydrogens is 435 g/mol. The molecule has 10 heteroatoms. The highest BCUT2D eigenvalue weighted by Gasteiger charge is 2.22. The summed E-state index contributed by atoms with van der Waals surface area (Å²) in [6, 6.07) is 15.1. The zero-order valence-corrected chi connectivity index (χ0v) is 18.0. The number of benzene rings is 1. The highest BCUT2D eigenvalue weighted by Crippen LogP contribution is 2.38. The molecule has 0 aliphatic heterocycles. The minimum atomic E-state index is -0.475. The van der Waals surface area contributed by atoms with E-state index >= 15 is 0 Å². The zero-order valence-electron chi connectivity index (χ0n) is 18.0. The molecule has 34 heavy (non-hydrogen) atoms.